The van der Waals surface area contributed by atoms with Gasteiger partial charge in [0.05, 0.1) is 22.7 Å². The molecule has 5 nitrogen and oxygen atoms in total. The van der Waals surface area contributed by atoms with Crippen LogP contribution in [0.5, 0.6) is 0 Å². The van der Waals surface area contributed by atoms with Gasteiger partial charge in [-0.15, -0.1) is 0 Å². The van der Waals surface area contributed by atoms with Crippen molar-refractivity contribution in [2.75, 3.05) is 13.4 Å². The molecular formula is C21H21Cl2FN2O3. The highest BCUT2D eigenvalue weighted by atomic mass is 35.5. The number of ether oxygens (including phenoxy) is 1. The Kier molecular flexibility index (Phi) is 6.80. The number of carbonyl (C=O) groups is 1. The fraction of sp³-hybridized carbons (Fsp3) is 0.286. The first-order valence-corrected chi connectivity index (χ1v) is 9.80. The van der Waals surface area contributed by atoms with Gasteiger partial charge in [0.1, 0.15) is 18.3 Å². The summed E-state index contributed by atoms with van der Waals surface area (Å²) in [6, 6.07) is 9.44. The van der Waals surface area contributed by atoms with Gasteiger partial charge in [0, 0.05) is 23.5 Å². The van der Waals surface area contributed by atoms with Crippen LogP contribution in [-0.4, -0.2) is 29.0 Å². The van der Waals surface area contributed by atoms with Gasteiger partial charge in [0.15, 0.2) is 0 Å². The zero-order valence-electron chi connectivity index (χ0n) is 16.0. The van der Waals surface area contributed by atoms with Crippen molar-refractivity contribution in [1.29, 1.82) is 0 Å². The highest BCUT2D eigenvalue weighted by Gasteiger charge is 2.20. The molecule has 1 amide bonds. The Morgan fingerprint density at radius 3 is 2.72 bits per heavy atom. The summed E-state index contributed by atoms with van der Waals surface area (Å²) < 4.78 is 21.1. The molecule has 0 fully saturated rings. The van der Waals surface area contributed by atoms with Crippen LogP contribution in [-0.2, 0) is 18.2 Å². The Hall–Kier alpha value is -2.12. The maximum absolute atomic E-state index is 14.5. The van der Waals surface area contributed by atoms with Crippen LogP contribution in [0, 0.1) is 5.82 Å². The minimum atomic E-state index is -0.540. The number of carbonyl (C=O) groups excluding carboxylic acids is 1. The van der Waals surface area contributed by atoms with Crippen molar-refractivity contribution in [3.05, 3.63) is 69.1 Å². The molecule has 0 aliphatic heterocycles. The lowest BCUT2D eigenvalue weighted by Crippen LogP contribution is -2.28. The van der Waals surface area contributed by atoms with Crippen molar-refractivity contribution in [1.82, 2.24) is 9.88 Å². The third-order valence-corrected chi connectivity index (χ3v) is 5.67. The topological polar surface area (TPSA) is 63.5 Å². The minimum absolute atomic E-state index is 0.301. The molecule has 1 aromatic heterocycles. The van der Waals surface area contributed by atoms with Crippen molar-refractivity contribution in [3.63, 3.8) is 0 Å². The lowest BCUT2D eigenvalue weighted by Gasteiger charge is -2.16. The van der Waals surface area contributed by atoms with Gasteiger partial charge in [0.25, 0.3) is 5.91 Å². The molecule has 3 aromatic rings. The maximum atomic E-state index is 14.5. The largest absolute Gasteiger partial charge is 0.371 e. The predicted molar refractivity (Wildman–Crippen MR) is 112 cm³/mol. The quantitative estimate of drug-likeness (QED) is 0.417. The highest BCUT2D eigenvalue weighted by Crippen LogP contribution is 2.32. The highest BCUT2D eigenvalue weighted by molar-refractivity contribution is 6.45. The van der Waals surface area contributed by atoms with E-state index in [9.17, 15) is 9.18 Å². The number of aromatic nitrogens is 1. The van der Waals surface area contributed by atoms with Gasteiger partial charge in [-0.3, -0.25) is 4.79 Å². The average Bonchev–Trinajstić information content (AvgIpc) is 3.02. The number of aliphatic hydroxyl groups is 1. The molecule has 0 saturated carbocycles. The number of amides is 1. The molecule has 0 aliphatic carbocycles. The number of benzene rings is 2. The first kappa shape index (κ1) is 21.6. The molecule has 0 saturated heterocycles. The lowest BCUT2D eigenvalue weighted by atomic mass is 10.0. The lowest BCUT2D eigenvalue weighted by molar-refractivity contribution is 0.000255. The number of aliphatic hydroxyl groups excluding tert-OH is 1. The first-order chi connectivity index (χ1) is 13.8. The van der Waals surface area contributed by atoms with Gasteiger partial charge in [0.2, 0.25) is 0 Å². The molecule has 154 valence electrons. The molecule has 2 aromatic carbocycles. The summed E-state index contributed by atoms with van der Waals surface area (Å²) in [5.74, 6) is -0.755. The minimum Gasteiger partial charge on any atom is -0.371 e. The first-order valence-electron chi connectivity index (χ1n) is 9.04. The summed E-state index contributed by atoms with van der Waals surface area (Å²) in [6.07, 6.45) is 0.484. The van der Waals surface area contributed by atoms with E-state index < -0.39 is 11.9 Å². The van der Waals surface area contributed by atoms with Crippen LogP contribution in [0.1, 0.15) is 34.6 Å². The second-order valence-corrected chi connectivity index (χ2v) is 7.51. The fourth-order valence-electron chi connectivity index (χ4n) is 3.25. The van der Waals surface area contributed by atoms with Crippen LogP contribution in [0.3, 0.4) is 0 Å². The summed E-state index contributed by atoms with van der Waals surface area (Å²) in [7, 11) is 1.76. The second kappa shape index (κ2) is 9.13. The number of fused-ring (bicyclic) bond motifs is 1. The van der Waals surface area contributed by atoms with E-state index in [-0.39, 0.29) is 12.7 Å². The molecule has 0 spiro atoms. The van der Waals surface area contributed by atoms with E-state index in [0.717, 1.165) is 11.1 Å². The van der Waals surface area contributed by atoms with Crippen molar-refractivity contribution in [3.8, 4) is 0 Å². The summed E-state index contributed by atoms with van der Waals surface area (Å²) >= 11 is 12.3. The van der Waals surface area contributed by atoms with Gasteiger partial charge in [-0.2, -0.15) is 0 Å². The van der Waals surface area contributed by atoms with E-state index in [1.165, 1.54) is 6.07 Å². The molecular weight excluding hydrogens is 418 g/mol. The van der Waals surface area contributed by atoms with Crippen LogP contribution in [0.25, 0.3) is 10.9 Å². The second-order valence-electron chi connectivity index (χ2n) is 6.72. The zero-order chi connectivity index (χ0) is 21.1. The molecule has 0 bridgehead atoms. The molecule has 1 heterocycles. The van der Waals surface area contributed by atoms with Gasteiger partial charge >= 0.3 is 0 Å². The van der Waals surface area contributed by atoms with Gasteiger partial charge in [-0.25, -0.2) is 4.39 Å². The molecule has 0 aliphatic rings. The van der Waals surface area contributed by atoms with Crippen molar-refractivity contribution in [2.24, 2.45) is 7.05 Å². The number of rotatable bonds is 7. The van der Waals surface area contributed by atoms with Crippen LogP contribution in [0.4, 0.5) is 4.39 Å². The number of nitrogens with zero attached hydrogens (tertiary/aromatic N) is 1. The summed E-state index contributed by atoms with van der Waals surface area (Å²) in [4.78, 5) is 12.8. The van der Waals surface area contributed by atoms with Gasteiger partial charge < -0.3 is 19.7 Å². The van der Waals surface area contributed by atoms with E-state index in [1.54, 1.807) is 48.9 Å². The van der Waals surface area contributed by atoms with Crippen LogP contribution >= 0.6 is 23.2 Å². The maximum Gasteiger partial charge on any atom is 0.268 e. The van der Waals surface area contributed by atoms with E-state index in [4.69, 9.17) is 33.0 Å². The number of nitrogens with one attached hydrogen (secondary N) is 1. The zero-order valence-corrected chi connectivity index (χ0v) is 17.5. The molecule has 2 N–H and O–H groups in total. The number of hydrogen-bond donors (Lipinski definition) is 2. The Bertz CT molecular complexity index is 1050. The Balaban J connectivity index is 1.78. The summed E-state index contributed by atoms with van der Waals surface area (Å²) in [5.41, 5.74) is 2.30. The van der Waals surface area contributed by atoms with Crippen molar-refractivity contribution < 1.29 is 19.0 Å². The molecule has 1 atom stereocenters. The standard InChI is InChI=1S/C21H21Cl2FN2O3/c1-12(14-4-3-13(9-17(14)24)7-8-29-11-27)25-21(28)19-10-15-18(26(19)2)6-5-16(22)20(15)23/h3-6,9-10,12,27H,7-8,11H2,1-2H3,(H,25,28). The third-order valence-electron chi connectivity index (χ3n) is 4.85. The molecule has 8 heteroatoms. The summed E-state index contributed by atoms with van der Waals surface area (Å²) in [5, 5.41) is 12.9. The van der Waals surface area contributed by atoms with Gasteiger partial charge in [-0.1, -0.05) is 35.3 Å². The predicted octanol–water partition coefficient (Wildman–Crippen LogP) is 4.62. The fourth-order valence-corrected chi connectivity index (χ4v) is 3.63. The van der Waals surface area contributed by atoms with E-state index in [0.29, 0.717) is 39.7 Å². The Labute approximate surface area is 178 Å². The van der Waals surface area contributed by atoms with Crippen LogP contribution < -0.4 is 5.32 Å². The smallest absolute Gasteiger partial charge is 0.268 e. The molecule has 29 heavy (non-hydrogen) atoms. The van der Waals surface area contributed by atoms with Crippen LogP contribution in [0.2, 0.25) is 10.0 Å². The third kappa shape index (κ3) is 4.56. The van der Waals surface area contributed by atoms with Crippen molar-refractivity contribution in [2.45, 2.75) is 19.4 Å². The summed E-state index contributed by atoms with van der Waals surface area (Å²) in [6.45, 7) is 1.65. The Morgan fingerprint density at radius 1 is 1.28 bits per heavy atom. The van der Waals surface area contributed by atoms with Crippen LogP contribution in [0.15, 0.2) is 36.4 Å². The van der Waals surface area contributed by atoms with E-state index in [1.807, 2.05) is 0 Å². The average molecular weight is 439 g/mol. The van der Waals surface area contributed by atoms with Crippen molar-refractivity contribution >= 4 is 40.0 Å². The number of halogens is 3. The monoisotopic (exact) mass is 438 g/mol. The van der Waals surface area contributed by atoms with E-state index >= 15 is 0 Å². The normalized spacial score (nSPS) is 12.3. The number of aryl methyl sites for hydroxylation is 1. The Morgan fingerprint density at radius 2 is 2.03 bits per heavy atom. The molecule has 0 radical (unpaired) electrons. The van der Waals surface area contributed by atoms with Gasteiger partial charge in [-0.05, 0) is 43.2 Å². The number of hydrogen-bond acceptors (Lipinski definition) is 3. The molecule has 3 rings (SSSR count). The van der Waals surface area contributed by atoms with E-state index in [2.05, 4.69) is 5.32 Å². The molecule has 1 unspecified atom stereocenters. The SMILES string of the molecule is CC(NC(=O)c1cc2c(Cl)c(Cl)ccc2n1C)c1ccc(CCOCO)cc1F.